The molecule has 0 N–H and O–H groups in total. The number of likely N-dealkylation sites (tertiary alicyclic amines) is 1. The topological polar surface area (TPSA) is 36.4 Å². The molecule has 1 amide bonds. The molecule has 5 rings (SSSR count). The van der Waals surface area contributed by atoms with E-state index in [9.17, 15) is 4.79 Å². The molecule has 1 fully saturated rings. The molecule has 0 unspecified atom stereocenters. The van der Waals surface area contributed by atoms with E-state index in [1.807, 2.05) is 16.2 Å². The molecule has 3 heterocycles. The van der Waals surface area contributed by atoms with Crippen LogP contribution >= 0.6 is 11.3 Å². The molecule has 1 aromatic heterocycles. The number of hydrogen-bond acceptors (Lipinski definition) is 4. The standard InChI is InChI=1S/C24H27N3OS/c1-17(24(28)27-14-12-18-7-2-3-8-19(18)15-27)26-13-6-9-20(16-26)23-25-21-10-4-5-11-22(21)29-23/h2-5,7-8,10-11,17,20H,6,9,12-16H2,1H3/t17-,20+/m1/s1. The average molecular weight is 406 g/mol. The fourth-order valence-corrected chi connectivity index (χ4v) is 5.82. The number of nitrogens with zero attached hydrogens (tertiary/aromatic N) is 3. The van der Waals surface area contributed by atoms with Gasteiger partial charge in [-0.25, -0.2) is 4.98 Å². The Kier molecular flexibility index (Phi) is 5.10. The lowest BCUT2D eigenvalue weighted by Crippen LogP contribution is -2.51. The highest BCUT2D eigenvalue weighted by Gasteiger charge is 2.32. The molecule has 3 aromatic rings. The Hall–Kier alpha value is -2.24. The number of aromatic nitrogens is 1. The van der Waals surface area contributed by atoms with E-state index < -0.39 is 0 Å². The van der Waals surface area contributed by atoms with Crippen molar-refractivity contribution in [1.82, 2.24) is 14.8 Å². The zero-order chi connectivity index (χ0) is 19.8. The number of benzene rings is 2. The number of amides is 1. The monoisotopic (exact) mass is 405 g/mol. The third kappa shape index (κ3) is 3.69. The Morgan fingerprint density at radius 2 is 1.90 bits per heavy atom. The van der Waals surface area contributed by atoms with Crippen LogP contribution in [0, 0.1) is 0 Å². The molecule has 2 aromatic carbocycles. The molecule has 0 aliphatic carbocycles. The number of carbonyl (C=O) groups excluding carboxylic acids is 1. The average Bonchev–Trinajstić information content (AvgIpc) is 3.22. The lowest BCUT2D eigenvalue weighted by molar-refractivity contribution is -0.137. The van der Waals surface area contributed by atoms with Gasteiger partial charge in [-0.3, -0.25) is 9.69 Å². The van der Waals surface area contributed by atoms with Crippen LogP contribution in [0.3, 0.4) is 0 Å². The quantitative estimate of drug-likeness (QED) is 0.646. The smallest absolute Gasteiger partial charge is 0.239 e. The van der Waals surface area contributed by atoms with Gasteiger partial charge in [-0.05, 0) is 56.0 Å². The summed E-state index contributed by atoms with van der Waals surface area (Å²) in [7, 11) is 0. The van der Waals surface area contributed by atoms with Crippen molar-refractivity contribution in [3.8, 4) is 0 Å². The summed E-state index contributed by atoms with van der Waals surface area (Å²) in [4.78, 5) is 22.6. The highest BCUT2D eigenvalue weighted by Crippen LogP contribution is 2.33. The summed E-state index contributed by atoms with van der Waals surface area (Å²) in [5.41, 5.74) is 3.78. The first-order chi connectivity index (χ1) is 14.2. The Labute approximate surface area is 176 Å². The SMILES string of the molecule is C[C@H](C(=O)N1CCc2ccccc2C1)N1CCC[C@H](c2nc3ccccc3s2)C1. The van der Waals surface area contributed by atoms with Gasteiger partial charge in [0.1, 0.15) is 0 Å². The van der Waals surface area contributed by atoms with Crippen LogP contribution in [0.2, 0.25) is 0 Å². The predicted molar refractivity (Wildman–Crippen MR) is 118 cm³/mol. The van der Waals surface area contributed by atoms with Crippen LogP contribution in [-0.2, 0) is 17.8 Å². The number of para-hydroxylation sites is 1. The summed E-state index contributed by atoms with van der Waals surface area (Å²) >= 11 is 1.81. The number of rotatable bonds is 3. The van der Waals surface area contributed by atoms with Crippen molar-refractivity contribution in [2.45, 2.75) is 44.7 Å². The summed E-state index contributed by atoms with van der Waals surface area (Å²) in [5.74, 6) is 0.697. The van der Waals surface area contributed by atoms with Crippen LogP contribution < -0.4 is 0 Å². The minimum atomic E-state index is -0.0718. The zero-order valence-electron chi connectivity index (χ0n) is 16.9. The van der Waals surface area contributed by atoms with Gasteiger partial charge in [0.15, 0.2) is 0 Å². The van der Waals surface area contributed by atoms with E-state index in [1.54, 1.807) is 0 Å². The second-order valence-electron chi connectivity index (χ2n) is 8.31. The van der Waals surface area contributed by atoms with Crippen LogP contribution in [0.4, 0.5) is 0 Å². The minimum absolute atomic E-state index is 0.0718. The van der Waals surface area contributed by atoms with Crippen molar-refractivity contribution in [1.29, 1.82) is 0 Å². The molecular weight excluding hydrogens is 378 g/mol. The van der Waals surface area contributed by atoms with Gasteiger partial charge in [-0.1, -0.05) is 36.4 Å². The highest BCUT2D eigenvalue weighted by atomic mass is 32.1. The molecule has 4 nitrogen and oxygen atoms in total. The van der Waals surface area contributed by atoms with Gasteiger partial charge in [0.2, 0.25) is 5.91 Å². The van der Waals surface area contributed by atoms with Crippen molar-refractivity contribution < 1.29 is 4.79 Å². The molecule has 2 aliphatic heterocycles. The number of hydrogen-bond donors (Lipinski definition) is 0. The van der Waals surface area contributed by atoms with Crippen LogP contribution in [-0.4, -0.2) is 46.4 Å². The molecule has 2 atom stereocenters. The zero-order valence-corrected chi connectivity index (χ0v) is 17.7. The molecule has 150 valence electrons. The van der Waals surface area contributed by atoms with E-state index in [2.05, 4.69) is 60.4 Å². The van der Waals surface area contributed by atoms with E-state index in [0.29, 0.717) is 5.92 Å². The number of piperidine rings is 1. The third-order valence-electron chi connectivity index (χ3n) is 6.46. The van der Waals surface area contributed by atoms with E-state index in [-0.39, 0.29) is 11.9 Å². The Morgan fingerprint density at radius 3 is 2.76 bits per heavy atom. The lowest BCUT2D eigenvalue weighted by atomic mass is 9.96. The van der Waals surface area contributed by atoms with Crippen molar-refractivity contribution in [2.75, 3.05) is 19.6 Å². The Morgan fingerprint density at radius 1 is 1.10 bits per heavy atom. The molecule has 2 aliphatic rings. The first-order valence-corrected chi connectivity index (χ1v) is 11.5. The van der Waals surface area contributed by atoms with Crippen molar-refractivity contribution in [2.24, 2.45) is 0 Å². The van der Waals surface area contributed by atoms with Crippen LogP contribution in [0.25, 0.3) is 10.2 Å². The van der Waals surface area contributed by atoms with Gasteiger partial charge in [0.25, 0.3) is 0 Å². The molecule has 0 bridgehead atoms. The maximum Gasteiger partial charge on any atom is 0.239 e. The second kappa shape index (κ2) is 7.88. The molecular formula is C24H27N3OS. The van der Waals surface area contributed by atoms with Crippen LogP contribution in [0.15, 0.2) is 48.5 Å². The molecule has 29 heavy (non-hydrogen) atoms. The summed E-state index contributed by atoms with van der Waals surface area (Å²) in [6.45, 7) is 5.59. The van der Waals surface area contributed by atoms with E-state index in [0.717, 1.165) is 51.0 Å². The van der Waals surface area contributed by atoms with Crippen LogP contribution in [0.5, 0.6) is 0 Å². The Balaban J connectivity index is 1.28. The first-order valence-electron chi connectivity index (χ1n) is 10.6. The summed E-state index contributed by atoms with van der Waals surface area (Å²) in [5, 5.41) is 1.22. The predicted octanol–water partition coefficient (Wildman–Crippen LogP) is 4.45. The fourth-order valence-electron chi connectivity index (χ4n) is 4.73. The van der Waals surface area contributed by atoms with Crippen LogP contribution in [0.1, 0.15) is 41.8 Å². The molecule has 5 heteroatoms. The maximum atomic E-state index is 13.3. The first kappa shape index (κ1) is 18.8. The lowest BCUT2D eigenvalue weighted by Gasteiger charge is -2.38. The summed E-state index contributed by atoms with van der Waals surface area (Å²) in [6, 6.07) is 16.8. The highest BCUT2D eigenvalue weighted by molar-refractivity contribution is 7.18. The number of carbonyl (C=O) groups is 1. The largest absolute Gasteiger partial charge is 0.337 e. The van der Waals surface area contributed by atoms with Gasteiger partial charge >= 0.3 is 0 Å². The number of fused-ring (bicyclic) bond motifs is 2. The van der Waals surface area contributed by atoms with Gasteiger partial charge in [-0.15, -0.1) is 11.3 Å². The Bertz CT molecular complexity index is 997. The normalized spacial score (nSPS) is 21.1. The van der Waals surface area contributed by atoms with Crippen molar-refractivity contribution in [3.63, 3.8) is 0 Å². The van der Waals surface area contributed by atoms with Crippen molar-refractivity contribution in [3.05, 3.63) is 64.7 Å². The summed E-state index contributed by atoms with van der Waals surface area (Å²) < 4.78 is 1.26. The maximum absolute atomic E-state index is 13.3. The van der Waals surface area contributed by atoms with E-state index >= 15 is 0 Å². The fraction of sp³-hybridized carbons (Fsp3) is 0.417. The van der Waals surface area contributed by atoms with Gasteiger partial charge < -0.3 is 4.90 Å². The third-order valence-corrected chi connectivity index (χ3v) is 7.66. The van der Waals surface area contributed by atoms with Gasteiger partial charge in [-0.2, -0.15) is 0 Å². The molecule has 0 radical (unpaired) electrons. The van der Waals surface area contributed by atoms with E-state index in [4.69, 9.17) is 4.98 Å². The molecule has 0 spiro atoms. The second-order valence-corrected chi connectivity index (χ2v) is 9.37. The molecule has 1 saturated heterocycles. The summed E-state index contributed by atoms with van der Waals surface area (Å²) in [6.07, 6.45) is 3.25. The van der Waals surface area contributed by atoms with E-state index in [1.165, 1.54) is 20.8 Å². The van der Waals surface area contributed by atoms with Gasteiger partial charge in [0, 0.05) is 25.6 Å². The van der Waals surface area contributed by atoms with Gasteiger partial charge in [0.05, 0.1) is 21.3 Å². The number of thiazole rings is 1. The molecule has 0 saturated carbocycles. The minimum Gasteiger partial charge on any atom is -0.337 e. The van der Waals surface area contributed by atoms with Crippen molar-refractivity contribution >= 4 is 27.5 Å².